The summed E-state index contributed by atoms with van der Waals surface area (Å²) in [5.74, 6) is -1.13. The predicted molar refractivity (Wildman–Crippen MR) is 121 cm³/mol. The number of carbonyl (C=O) groups excluding carboxylic acids is 3. The number of carbonyl (C=O) groups is 3. The molecule has 2 fully saturated rings. The second-order valence-electron chi connectivity index (χ2n) is 8.62. The van der Waals surface area contributed by atoms with Gasteiger partial charge in [0.2, 0.25) is 15.9 Å². The Hall–Kier alpha value is -3.45. The molecule has 2 heterocycles. The van der Waals surface area contributed by atoms with Crippen LogP contribution in [-0.2, 0) is 31.3 Å². The van der Waals surface area contributed by atoms with Gasteiger partial charge in [-0.1, -0.05) is 36.4 Å². The number of amides is 4. The third kappa shape index (κ3) is 4.67. The molecule has 4 amide bonds. The van der Waals surface area contributed by atoms with Gasteiger partial charge in [-0.2, -0.15) is 17.5 Å². The van der Waals surface area contributed by atoms with Crippen molar-refractivity contribution in [2.45, 2.75) is 23.5 Å². The van der Waals surface area contributed by atoms with E-state index in [2.05, 4.69) is 5.32 Å². The van der Waals surface area contributed by atoms with E-state index in [4.69, 9.17) is 0 Å². The van der Waals surface area contributed by atoms with Gasteiger partial charge in [-0.25, -0.2) is 13.2 Å². The summed E-state index contributed by atoms with van der Waals surface area (Å²) in [5, 5.41) is 2.61. The van der Waals surface area contributed by atoms with E-state index in [1.165, 1.54) is 4.90 Å². The number of sulfonamides is 1. The fourth-order valence-electron chi connectivity index (χ4n) is 4.20. The molecule has 2 aromatic rings. The van der Waals surface area contributed by atoms with Gasteiger partial charge < -0.3 is 10.2 Å². The van der Waals surface area contributed by atoms with Crippen LogP contribution in [0, 0.1) is 0 Å². The number of nitrogens with zero attached hydrogens (tertiary/aromatic N) is 3. The Balaban J connectivity index is 1.40. The first-order chi connectivity index (χ1) is 16.8. The molecule has 2 aliphatic heterocycles. The summed E-state index contributed by atoms with van der Waals surface area (Å²) < 4.78 is 65.7. The van der Waals surface area contributed by atoms with Gasteiger partial charge >= 0.3 is 12.2 Å². The minimum Gasteiger partial charge on any atom is -0.338 e. The van der Waals surface area contributed by atoms with E-state index in [1.54, 1.807) is 37.3 Å². The molecule has 0 aliphatic carbocycles. The maximum atomic E-state index is 13.0. The number of imide groups is 1. The Morgan fingerprint density at radius 1 is 1.00 bits per heavy atom. The number of alkyl halides is 3. The second-order valence-corrected chi connectivity index (χ2v) is 10.6. The number of hydrogen-bond acceptors (Lipinski definition) is 5. The number of rotatable bonds is 5. The molecule has 0 saturated carbocycles. The van der Waals surface area contributed by atoms with Gasteiger partial charge in [0.1, 0.15) is 12.1 Å². The van der Waals surface area contributed by atoms with Crippen LogP contribution in [0.1, 0.15) is 18.1 Å². The zero-order valence-corrected chi connectivity index (χ0v) is 20.0. The fraction of sp³-hybridized carbons (Fsp3) is 0.348. The Kier molecular flexibility index (Phi) is 6.56. The van der Waals surface area contributed by atoms with Crippen LogP contribution in [0.25, 0.3) is 0 Å². The summed E-state index contributed by atoms with van der Waals surface area (Å²) in [6.07, 6.45) is -4.69. The van der Waals surface area contributed by atoms with Gasteiger partial charge in [0.25, 0.3) is 5.91 Å². The molecular formula is C23H23F3N4O5S. The number of piperazine rings is 1. The first kappa shape index (κ1) is 25.6. The molecule has 13 heteroatoms. The summed E-state index contributed by atoms with van der Waals surface area (Å²) in [4.78, 5) is 40.0. The van der Waals surface area contributed by atoms with Gasteiger partial charge in [-0.3, -0.25) is 14.5 Å². The standard InChI is InChI=1S/C23H23F3N4O5S/c1-22(16-6-3-2-4-7-16)20(32)30(21(33)27-22)15-19(31)28-10-12-29(13-11-28)36(34,35)18-9-5-8-17(14-18)23(24,25)26/h2-9,14H,10-13,15H2,1H3,(H,27,33). The second kappa shape index (κ2) is 9.21. The van der Waals surface area contributed by atoms with E-state index in [0.717, 1.165) is 27.4 Å². The molecule has 0 spiro atoms. The highest BCUT2D eigenvalue weighted by Gasteiger charge is 2.49. The van der Waals surface area contributed by atoms with Crippen molar-refractivity contribution in [2.24, 2.45) is 0 Å². The highest BCUT2D eigenvalue weighted by atomic mass is 32.2. The molecule has 0 aromatic heterocycles. The van der Waals surface area contributed by atoms with Crippen LogP contribution in [0.15, 0.2) is 59.5 Å². The highest BCUT2D eigenvalue weighted by Crippen LogP contribution is 2.32. The number of urea groups is 1. The van der Waals surface area contributed by atoms with E-state index >= 15 is 0 Å². The molecule has 1 N–H and O–H groups in total. The topological polar surface area (TPSA) is 107 Å². The smallest absolute Gasteiger partial charge is 0.338 e. The molecule has 2 aliphatic rings. The van der Waals surface area contributed by atoms with E-state index in [0.29, 0.717) is 11.6 Å². The summed E-state index contributed by atoms with van der Waals surface area (Å²) in [5.41, 5.74) is -1.84. The van der Waals surface area contributed by atoms with E-state index in [1.807, 2.05) is 0 Å². The fourth-order valence-corrected chi connectivity index (χ4v) is 5.67. The lowest BCUT2D eigenvalue weighted by Crippen LogP contribution is -2.53. The average Bonchev–Trinajstić information content (AvgIpc) is 3.08. The first-order valence-electron chi connectivity index (χ1n) is 11.0. The largest absolute Gasteiger partial charge is 0.416 e. The molecule has 2 saturated heterocycles. The van der Waals surface area contributed by atoms with Gasteiger partial charge in [0.15, 0.2) is 0 Å². The molecular weight excluding hydrogens is 501 g/mol. The molecule has 4 rings (SSSR count). The summed E-state index contributed by atoms with van der Waals surface area (Å²) in [7, 11) is -4.21. The number of hydrogen-bond donors (Lipinski definition) is 1. The van der Waals surface area contributed by atoms with Crippen molar-refractivity contribution in [1.82, 2.24) is 19.4 Å². The monoisotopic (exact) mass is 524 g/mol. The Bertz CT molecular complexity index is 1290. The van der Waals surface area contributed by atoms with Crippen molar-refractivity contribution in [3.05, 3.63) is 65.7 Å². The van der Waals surface area contributed by atoms with Crippen molar-refractivity contribution in [2.75, 3.05) is 32.7 Å². The van der Waals surface area contributed by atoms with Crippen LogP contribution >= 0.6 is 0 Å². The maximum absolute atomic E-state index is 13.0. The molecule has 2 aromatic carbocycles. The molecule has 0 bridgehead atoms. The molecule has 192 valence electrons. The van der Waals surface area contributed by atoms with Crippen LogP contribution < -0.4 is 5.32 Å². The average molecular weight is 525 g/mol. The Morgan fingerprint density at radius 3 is 2.25 bits per heavy atom. The first-order valence-corrected chi connectivity index (χ1v) is 12.4. The quantitative estimate of drug-likeness (QED) is 0.603. The number of halogens is 3. The maximum Gasteiger partial charge on any atom is 0.416 e. The third-order valence-corrected chi connectivity index (χ3v) is 8.20. The highest BCUT2D eigenvalue weighted by molar-refractivity contribution is 7.89. The summed E-state index contributed by atoms with van der Waals surface area (Å²) in [6.45, 7) is 0.642. The molecule has 9 nitrogen and oxygen atoms in total. The lowest BCUT2D eigenvalue weighted by molar-refractivity contribution is -0.139. The molecule has 1 atom stereocenters. The van der Waals surface area contributed by atoms with Gasteiger partial charge in [0, 0.05) is 26.2 Å². The molecule has 0 radical (unpaired) electrons. The van der Waals surface area contributed by atoms with Crippen molar-refractivity contribution in [3.8, 4) is 0 Å². The van der Waals surface area contributed by atoms with Gasteiger partial charge in [0.05, 0.1) is 10.5 Å². The summed E-state index contributed by atoms with van der Waals surface area (Å²) in [6, 6.07) is 11.3. The Morgan fingerprint density at radius 2 is 1.64 bits per heavy atom. The number of benzene rings is 2. The van der Waals surface area contributed by atoms with Gasteiger partial charge in [-0.15, -0.1) is 0 Å². The van der Waals surface area contributed by atoms with Crippen LogP contribution in [0.4, 0.5) is 18.0 Å². The Labute approximate surface area is 205 Å². The van der Waals surface area contributed by atoms with Gasteiger partial charge in [-0.05, 0) is 30.7 Å². The van der Waals surface area contributed by atoms with E-state index in [-0.39, 0.29) is 26.2 Å². The van der Waals surface area contributed by atoms with Crippen LogP contribution in [0.5, 0.6) is 0 Å². The minimum atomic E-state index is -4.69. The van der Waals surface area contributed by atoms with Crippen LogP contribution in [0.2, 0.25) is 0 Å². The van der Waals surface area contributed by atoms with Crippen molar-refractivity contribution < 1.29 is 36.0 Å². The SMILES string of the molecule is CC1(c2ccccc2)NC(=O)N(CC(=O)N2CCN(S(=O)(=O)c3cccc(C(F)(F)F)c3)CC2)C1=O. The van der Waals surface area contributed by atoms with Crippen molar-refractivity contribution in [3.63, 3.8) is 0 Å². The number of nitrogens with one attached hydrogen (secondary N) is 1. The van der Waals surface area contributed by atoms with Crippen molar-refractivity contribution in [1.29, 1.82) is 0 Å². The third-order valence-electron chi connectivity index (χ3n) is 6.31. The van der Waals surface area contributed by atoms with Crippen LogP contribution in [-0.4, -0.2) is 73.1 Å². The van der Waals surface area contributed by atoms with E-state index < -0.39 is 56.6 Å². The zero-order valence-electron chi connectivity index (χ0n) is 19.2. The van der Waals surface area contributed by atoms with Crippen LogP contribution in [0.3, 0.4) is 0 Å². The van der Waals surface area contributed by atoms with Crippen molar-refractivity contribution >= 4 is 27.9 Å². The molecule has 36 heavy (non-hydrogen) atoms. The minimum absolute atomic E-state index is 0.0450. The summed E-state index contributed by atoms with van der Waals surface area (Å²) >= 11 is 0. The molecule has 1 unspecified atom stereocenters. The zero-order chi connectivity index (χ0) is 26.3. The predicted octanol–water partition coefficient (Wildman–Crippen LogP) is 2.01. The lowest BCUT2D eigenvalue weighted by atomic mass is 9.92. The lowest BCUT2D eigenvalue weighted by Gasteiger charge is -2.34. The normalized spacial score (nSPS) is 21.6. The van der Waals surface area contributed by atoms with E-state index in [9.17, 15) is 36.0 Å².